The van der Waals surface area contributed by atoms with Crippen LogP contribution in [0.15, 0.2) is 100 Å². The van der Waals surface area contributed by atoms with Gasteiger partial charge in [-0.2, -0.15) is 5.26 Å². The summed E-state index contributed by atoms with van der Waals surface area (Å²) in [5, 5.41) is 13.6. The fourth-order valence-corrected chi connectivity index (χ4v) is 12.3. The minimum Gasteiger partial charge on any atom is -0.435 e. The van der Waals surface area contributed by atoms with Gasteiger partial charge in [-0.15, -0.1) is 0 Å². The van der Waals surface area contributed by atoms with Crippen molar-refractivity contribution in [1.29, 1.82) is 5.26 Å². The van der Waals surface area contributed by atoms with E-state index in [4.69, 9.17) is 25.7 Å². The van der Waals surface area contributed by atoms with Crippen LogP contribution in [0.4, 0.5) is 27.5 Å². The molecule has 0 aliphatic heterocycles. The number of carbonyl (C=O) groups excluding carboxylic acids is 3. The Bertz CT molecular complexity index is 3510. The number of carbonyl (C=O) groups is 3. The summed E-state index contributed by atoms with van der Waals surface area (Å²) in [4.78, 5) is 49.5. The minimum absolute atomic E-state index is 0.000744. The summed E-state index contributed by atoms with van der Waals surface area (Å²) >= 11 is 6.59. The number of nitrogens with zero attached hydrogens (tertiary/aromatic N) is 3. The van der Waals surface area contributed by atoms with Crippen molar-refractivity contribution < 1.29 is 40.4 Å². The van der Waals surface area contributed by atoms with Crippen LogP contribution in [0.1, 0.15) is 115 Å². The zero-order valence-corrected chi connectivity index (χ0v) is 45.1. The van der Waals surface area contributed by atoms with Crippen LogP contribution in [0, 0.1) is 29.1 Å². The van der Waals surface area contributed by atoms with E-state index >= 15 is 0 Å². The van der Waals surface area contributed by atoms with E-state index in [0.29, 0.717) is 59.8 Å². The third-order valence-corrected chi connectivity index (χ3v) is 16.3. The van der Waals surface area contributed by atoms with Crippen molar-refractivity contribution in [3.8, 4) is 6.07 Å². The Kier molecular flexibility index (Phi) is 14.9. The van der Waals surface area contributed by atoms with Crippen molar-refractivity contribution >= 4 is 106 Å². The SMILES string of the molecule is CCC1(C(=O)C(OC(=O)N(c2ccc(/C=C(\C#N)c3nc4cc(C(C)(C)CC(C)(C)C)ccc4o3)c(C)c2)C2CCCC2)C(=O)Nc2cc(NS(=O)(=O)c3ccc(NS(C)(=O)=O)c4ccccc34)ccc2Cl)CC1. The first kappa shape index (κ1) is 53.5. The summed E-state index contributed by atoms with van der Waals surface area (Å²) in [5.41, 5.74) is 3.67. The quantitative estimate of drug-likeness (QED) is 0.0576. The number of oxazole rings is 1. The number of halogens is 1. The van der Waals surface area contributed by atoms with Crippen LogP contribution < -0.4 is 19.7 Å². The van der Waals surface area contributed by atoms with Crippen LogP contribution in [-0.4, -0.2) is 58.0 Å². The van der Waals surface area contributed by atoms with Crippen LogP contribution in [0.5, 0.6) is 0 Å². The first-order valence-corrected chi connectivity index (χ1v) is 28.4. The molecule has 2 fully saturated rings. The standard InChI is InChI=1S/C56H61ClN6O9S2/c1-9-56(26-27-56)50(64)49(51(65)59-45-31-38(20-22-43(45)57)61-74(69,70)48-25-23-44(62-73(8,67)68)41-16-12-13-17-42(41)48)72-53(66)63(39-14-10-11-15-39)40-21-18-35(34(2)28-40)29-36(32-58)52-60-46-30-37(19-24-47(46)71-52)55(6,7)33-54(3,4)5/h12-13,16-25,28-31,39,49,61-62H,9-11,14-15,26-27,33H2,1-8H3,(H,59,65)/b36-29+. The number of nitrogens with one attached hydrogen (secondary N) is 3. The maximum absolute atomic E-state index is 14.6. The van der Waals surface area contributed by atoms with Crippen LogP contribution in [-0.2, 0) is 39.8 Å². The number of hydrogen-bond donors (Lipinski definition) is 3. The molecule has 15 nitrogen and oxygen atoms in total. The molecule has 6 aromatic rings. The minimum atomic E-state index is -4.34. The molecule has 1 atom stereocenters. The Morgan fingerprint density at radius 3 is 2.26 bits per heavy atom. The third kappa shape index (κ3) is 11.8. The molecule has 2 aliphatic rings. The van der Waals surface area contributed by atoms with Crippen molar-refractivity contribution in [2.75, 3.05) is 25.9 Å². The fourth-order valence-electron chi connectivity index (χ4n) is 10.3. The van der Waals surface area contributed by atoms with E-state index in [2.05, 4.69) is 55.4 Å². The van der Waals surface area contributed by atoms with E-state index in [9.17, 15) is 36.5 Å². The fraction of sp³-hybridized carbons (Fsp3) is 0.375. The van der Waals surface area contributed by atoms with Gasteiger partial charge in [0.1, 0.15) is 17.2 Å². The van der Waals surface area contributed by atoms with Gasteiger partial charge in [-0.1, -0.05) is 102 Å². The molecule has 0 saturated heterocycles. The van der Waals surface area contributed by atoms with Crippen molar-refractivity contribution in [2.45, 2.75) is 122 Å². The molecule has 2 aliphatic carbocycles. The van der Waals surface area contributed by atoms with Gasteiger partial charge >= 0.3 is 6.09 Å². The molecule has 2 saturated carbocycles. The lowest BCUT2D eigenvalue weighted by molar-refractivity contribution is -0.140. The highest BCUT2D eigenvalue weighted by molar-refractivity contribution is 7.93. The Labute approximate surface area is 437 Å². The summed E-state index contributed by atoms with van der Waals surface area (Å²) in [6.07, 6.45) is 5.28. The predicted molar refractivity (Wildman–Crippen MR) is 291 cm³/mol. The molecule has 1 aromatic heterocycles. The molecule has 8 rings (SSSR count). The van der Waals surface area contributed by atoms with Crippen LogP contribution >= 0.6 is 11.6 Å². The second-order valence-corrected chi connectivity index (χ2v) is 25.2. The number of rotatable bonds is 17. The van der Waals surface area contributed by atoms with Crippen molar-refractivity contribution in [2.24, 2.45) is 10.8 Å². The van der Waals surface area contributed by atoms with Gasteiger partial charge < -0.3 is 14.5 Å². The topological polar surface area (TPSA) is 218 Å². The molecule has 0 bridgehead atoms. The van der Waals surface area contributed by atoms with E-state index in [1.54, 1.807) is 48.5 Å². The van der Waals surface area contributed by atoms with Crippen LogP contribution in [0.2, 0.25) is 5.02 Å². The average molecular weight is 1060 g/mol. The lowest BCUT2D eigenvalue weighted by atomic mass is 9.72. The summed E-state index contributed by atoms with van der Waals surface area (Å²) in [7, 11) is -8.02. The molecule has 388 valence electrons. The first-order valence-electron chi connectivity index (χ1n) is 24.6. The normalized spacial score (nSPS) is 15.6. The van der Waals surface area contributed by atoms with Gasteiger partial charge in [-0.05, 0) is 134 Å². The summed E-state index contributed by atoms with van der Waals surface area (Å²) in [5.74, 6) is -1.35. The number of hydrogen-bond acceptors (Lipinski definition) is 11. The van der Waals surface area contributed by atoms with E-state index in [0.717, 1.165) is 36.6 Å². The van der Waals surface area contributed by atoms with Crippen molar-refractivity contribution in [1.82, 2.24) is 4.98 Å². The molecule has 0 spiro atoms. The number of fused-ring (bicyclic) bond motifs is 2. The number of nitriles is 1. The van der Waals surface area contributed by atoms with Gasteiger partial charge in [-0.3, -0.25) is 23.9 Å². The van der Waals surface area contributed by atoms with E-state index in [1.165, 1.54) is 35.2 Å². The number of anilines is 4. The van der Waals surface area contributed by atoms with Crippen LogP contribution in [0.25, 0.3) is 33.5 Å². The predicted octanol–water partition coefficient (Wildman–Crippen LogP) is 12.5. The Hall–Kier alpha value is -6.74. The zero-order valence-electron chi connectivity index (χ0n) is 42.8. The van der Waals surface area contributed by atoms with E-state index in [1.807, 2.05) is 32.0 Å². The van der Waals surface area contributed by atoms with Crippen molar-refractivity contribution in [3.05, 3.63) is 119 Å². The second kappa shape index (κ2) is 20.5. The summed E-state index contributed by atoms with van der Waals surface area (Å²) in [6, 6.07) is 26.3. The maximum atomic E-state index is 14.6. The second-order valence-electron chi connectivity index (χ2n) is 21.4. The Morgan fingerprint density at radius 2 is 1.62 bits per heavy atom. The lowest BCUT2D eigenvalue weighted by Crippen LogP contribution is -2.48. The van der Waals surface area contributed by atoms with Gasteiger partial charge in [0.25, 0.3) is 15.9 Å². The number of aromatic nitrogens is 1. The highest BCUT2D eigenvalue weighted by atomic mass is 35.5. The van der Waals surface area contributed by atoms with Gasteiger partial charge in [0.05, 0.1) is 33.2 Å². The Morgan fingerprint density at radius 1 is 0.919 bits per heavy atom. The maximum Gasteiger partial charge on any atom is 0.415 e. The molecule has 2 amide bonds. The number of Topliss-reactive ketones (excluding diaryl/α,β-unsaturated/α-hetero) is 1. The molecule has 18 heteroatoms. The molecule has 1 heterocycles. The Balaban J connectivity index is 1.04. The number of allylic oxidation sites excluding steroid dienone is 1. The number of amides is 2. The average Bonchev–Trinajstić information content (AvgIpc) is 3.71. The van der Waals surface area contributed by atoms with E-state index in [-0.39, 0.29) is 60.7 Å². The molecule has 0 radical (unpaired) electrons. The summed E-state index contributed by atoms with van der Waals surface area (Å²) in [6.45, 7) is 14.7. The highest BCUT2D eigenvalue weighted by Gasteiger charge is 2.53. The number of benzene rings is 5. The van der Waals surface area contributed by atoms with Crippen LogP contribution in [0.3, 0.4) is 0 Å². The summed E-state index contributed by atoms with van der Waals surface area (Å²) < 4.78 is 69.1. The third-order valence-electron chi connectivity index (χ3n) is 13.9. The number of ether oxygens (including phenoxy) is 1. The number of ketones is 1. The zero-order chi connectivity index (χ0) is 53.5. The number of aryl methyl sites for hydroxylation is 1. The largest absolute Gasteiger partial charge is 0.435 e. The smallest absolute Gasteiger partial charge is 0.415 e. The lowest BCUT2D eigenvalue weighted by Gasteiger charge is -2.32. The molecular weight excluding hydrogens is 1000 g/mol. The highest BCUT2D eigenvalue weighted by Crippen LogP contribution is 2.51. The number of sulfonamides is 2. The van der Waals surface area contributed by atoms with Crippen molar-refractivity contribution in [3.63, 3.8) is 0 Å². The first-order chi connectivity index (χ1) is 34.8. The van der Waals surface area contributed by atoms with E-state index < -0.39 is 49.3 Å². The monoisotopic (exact) mass is 1060 g/mol. The molecule has 3 N–H and O–H groups in total. The van der Waals surface area contributed by atoms with Gasteiger partial charge in [0.15, 0.2) is 11.4 Å². The molecule has 1 unspecified atom stereocenters. The molecular formula is C56H61ClN6O9S2. The molecule has 5 aromatic carbocycles. The van der Waals surface area contributed by atoms with Gasteiger partial charge in [-0.25, -0.2) is 26.6 Å². The van der Waals surface area contributed by atoms with Gasteiger partial charge in [0.2, 0.25) is 22.0 Å². The molecule has 74 heavy (non-hydrogen) atoms. The van der Waals surface area contributed by atoms with Gasteiger partial charge in [0, 0.05) is 27.9 Å².